The molecule has 0 radical (unpaired) electrons. The largest absolute Gasteiger partial charge is 0.502 e. The van der Waals surface area contributed by atoms with Crippen LogP contribution in [-0.4, -0.2) is 45.3 Å². The maximum absolute atomic E-state index is 11.2. The molecule has 4 N–H and O–H groups in total. The first kappa shape index (κ1) is 12.1. The summed E-state index contributed by atoms with van der Waals surface area (Å²) < 4.78 is 10.1. The molecule has 1 aliphatic heterocycles. The summed E-state index contributed by atoms with van der Waals surface area (Å²) in [5.74, 6) is -0.573. The highest BCUT2D eigenvalue weighted by atomic mass is 16.6. The Morgan fingerprint density at radius 2 is 2.00 bits per heavy atom. The van der Waals surface area contributed by atoms with Gasteiger partial charge in [-0.15, -0.1) is 0 Å². The van der Waals surface area contributed by atoms with Gasteiger partial charge in [0, 0.05) is 6.07 Å². The predicted molar refractivity (Wildman–Crippen MR) is 53.4 cm³/mol. The lowest BCUT2D eigenvalue weighted by Gasteiger charge is -2.12. The maximum atomic E-state index is 11.2. The van der Waals surface area contributed by atoms with E-state index >= 15 is 0 Å². The van der Waals surface area contributed by atoms with Crippen LogP contribution in [0.2, 0.25) is 0 Å². The van der Waals surface area contributed by atoms with Crippen LogP contribution in [0.3, 0.4) is 0 Å². The molecule has 0 amide bonds. The molecular weight excluding hydrogens is 232 g/mol. The summed E-state index contributed by atoms with van der Waals surface area (Å²) in [6, 6.07) is 0.968. The lowest BCUT2D eigenvalue weighted by Crippen LogP contribution is -2.32. The van der Waals surface area contributed by atoms with Crippen LogP contribution in [0, 0.1) is 0 Å². The van der Waals surface area contributed by atoms with Gasteiger partial charge in [0.15, 0.2) is 5.75 Å². The SMILES string of the molecule is O=c1cc([C@@H]2O[C@H](CO)[C@@H](O)[C@H]2O)occ1O. The topological polar surface area (TPSA) is 120 Å². The highest BCUT2D eigenvalue weighted by Crippen LogP contribution is 2.33. The minimum absolute atomic E-state index is 0.0182. The number of rotatable bonds is 2. The molecule has 17 heavy (non-hydrogen) atoms. The van der Waals surface area contributed by atoms with Crippen molar-refractivity contribution in [3.05, 3.63) is 28.3 Å². The van der Waals surface area contributed by atoms with E-state index in [2.05, 4.69) is 0 Å². The first-order chi connectivity index (χ1) is 8.04. The summed E-state index contributed by atoms with van der Waals surface area (Å²) in [7, 11) is 0. The highest BCUT2D eigenvalue weighted by Gasteiger charge is 2.44. The van der Waals surface area contributed by atoms with E-state index in [1.165, 1.54) is 0 Å². The molecule has 2 heterocycles. The van der Waals surface area contributed by atoms with Crippen LogP contribution in [0.25, 0.3) is 0 Å². The van der Waals surface area contributed by atoms with E-state index in [-0.39, 0.29) is 5.76 Å². The molecule has 2 rings (SSSR count). The van der Waals surface area contributed by atoms with Gasteiger partial charge in [0.1, 0.15) is 36.4 Å². The van der Waals surface area contributed by atoms with E-state index in [0.717, 1.165) is 12.3 Å². The van der Waals surface area contributed by atoms with Gasteiger partial charge in [-0.1, -0.05) is 0 Å². The highest BCUT2D eigenvalue weighted by molar-refractivity contribution is 5.18. The summed E-state index contributed by atoms with van der Waals surface area (Å²) in [5.41, 5.74) is -0.677. The van der Waals surface area contributed by atoms with Crippen molar-refractivity contribution in [1.82, 2.24) is 0 Å². The van der Waals surface area contributed by atoms with Crippen molar-refractivity contribution in [2.45, 2.75) is 24.4 Å². The van der Waals surface area contributed by atoms with Crippen LogP contribution < -0.4 is 5.43 Å². The second-order valence-electron chi connectivity index (χ2n) is 3.79. The van der Waals surface area contributed by atoms with E-state index < -0.39 is 42.2 Å². The van der Waals surface area contributed by atoms with Crippen LogP contribution in [-0.2, 0) is 4.74 Å². The quantitative estimate of drug-likeness (QED) is 0.499. The summed E-state index contributed by atoms with van der Waals surface area (Å²) in [5, 5.41) is 37.1. The monoisotopic (exact) mass is 244 g/mol. The van der Waals surface area contributed by atoms with Crippen molar-refractivity contribution >= 4 is 0 Å². The fraction of sp³-hybridized carbons (Fsp3) is 0.500. The Bertz CT molecular complexity index is 454. The molecule has 1 fully saturated rings. The minimum atomic E-state index is -1.31. The summed E-state index contributed by atoms with van der Waals surface area (Å²) in [6.07, 6.45) is -3.72. The maximum Gasteiger partial charge on any atom is 0.226 e. The normalized spacial score (nSPS) is 32.9. The molecule has 1 aromatic rings. The van der Waals surface area contributed by atoms with Crippen LogP contribution >= 0.6 is 0 Å². The van der Waals surface area contributed by atoms with Gasteiger partial charge in [-0.05, 0) is 0 Å². The van der Waals surface area contributed by atoms with Gasteiger partial charge in [-0.2, -0.15) is 0 Å². The van der Waals surface area contributed by atoms with E-state index in [9.17, 15) is 15.0 Å². The number of hydrogen-bond acceptors (Lipinski definition) is 7. The number of ether oxygens (including phenoxy) is 1. The van der Waals surface area contributed by atoms with E-state index in [0.29, 0.717) is 0 Å². The predicted octanol–water partition coefficient (Wildman–Crippen LogP) is -1.50. The van der Waals surface area contributed by atoms with Gasteiger partial charge in [0.05, 0.1) is 6.61 Å². The van der Waals surface area contributed by atoms with Crippen molar-refractivity contribution in [3.8, 4) is 5.75 Å². The molecular formula is C10H12O7. The van der Waals surface area contributed by atoms with Crippen molar-refractivity contribution in [3.63, 3.8) is 0 Å². The zero-order valence-corrected chi connectivity index (χ0v) is 8.68. The lowest BCUT2D eigenvalue weighted by atomic mass is 10.1. The summed E-state index contributed by atoms with van der Waals surface area (Å²) in [6.45, 7) is -0.461. The summed E-state index contributed by atoms with van der Waals surface area (Å²) in [4.78, 5) is 11.2. The molecule has 0 unspecified atom stereocenters. The standard InChI is InChI=1S/C10H12O7/c11-2-7-8(14)9(15)10(17-7)6-1-4(12)5(13)3-16-6/h1,3,7-11,13-15H,2H2/t7-,8-,9-,10+/m1/s1. The van der Waals surface area contributed by atoms with Crippen LogP contribution in [0.15, 0.2) is 21.5 Å². The number of aliphatic hydroxyl groups is 3. The molecule has 0 aromatic carbocycles. The first-order valence-corrected chi connectivity index (χ1v) is 4.98. The zero-order chi connectivity index (χ0) is 12.6. The molecule has 94 valence electrons. The van der Waals surface area contributed by atoms with E-state index in [1.54, 1.807) is 0 Å². The Labute approximate surface area is 95.5 Å². The molecule has 0 saturated carbocycles. The van der Waals surface area contributed by atoms with Gasteiger partial charge in [-0.3, -0.25) is 4.79 Å². The Balaban J connectivity index is 2.29. The first-order valence-electron chi connectivity index (χ1n) is 4.98. The molecule has 1 aromatic heterocycles. The molecule has 7 heteroatoms. The molecule has 0 aliphatic carbocycles. The smallest absolute Gasteiger partial charge is 0.226 e. The average molecular weight is 244 g/mol. The molecule has 7 nitrogen and oxygen atoms in total. The van der Waals surface area contributed by atoms with Crippen LogP contribution in [0.4, 0.5) is 0 Å². The summed E-state index contributed by atoms with van der Waals surface area (Å²) >= 11 is 0. The van der Waals surface area contributed by atoms with Gasteiger partial charge in [-0.25, -0.2) is 0 Å². The molecule has 0 bridgehead atoms. The van der Waals surface area contributed by atoms with Gasteiger partial charge in [0.2, 0.25) is 5.43 Å². The van der Waals surface area contributed by atoms with E-state index in [4.69, 9.17) is 19.4 Å². The van der Waals surface area contributed by atoms with Gasteiger partial charge in [0.25, 0.3) is 0 Å². The van der Waals surface area contributed by atoms with Crippen molar-refractivity contribution < 1.29 is 29.6 Å². The molecule has 4 atom stereocenters. The number of aromatic hydroxyl groups is 1. The third kappa shape index (κ3) is 2.05. The third-order valence-corrected chi connectivity index (χ3v) is 2.66. The zero-order valence-electron chi connectivity index (χ0n) is 8.68. The molecule has 1 saturated heterocycles. The Morgan fingerprint density at radius 1 is 1.29 bits per heavy atom. The molecule has 0 spiro atoms. The Hall–Kier alpha value is -1.41. The van der Waals surface area contributed by atoms with Crippen molar-refractivity contribution in [1.29, 1.82) is 0 Å². The Morgan fingerprint density at radius 3 is 2.53 bits per heavy atom. The number of aliphatic hydroxyl groups excluding tert-OH is 3. The average Bonchev–Trinajstić information content (AvgIpc) is 2.60. The van der Waals surface area contributed by atoms with Gasteiger partial charge < -0.3 is 29.6 Å². The van der Waals surface area contributed by atoms with Crippen molar-refractivity contribution in [2.24, 2.45) is 0 Å². The third-order valence-electron chi connectivity index (χ3n) is 2.66. The Kier molecular flexibility index (Phi) is 3.16. The number of hydrogen-bond donors (Lipinski definition) is 4. The fourth-order valence-electron chi connectivity index (χ4n) is 1.70. The minimum Gasteiger partial charge on any atom is -0.502 e. The second-order valence-corrected chi connectivity index (χ2v) is 3.79. The second kappa shape index (κ2) is 4.46. The van der Waals surface area contributed by atoms with Crippen LogP contribution in [0.1, 0.15) is 11.9 Å². The molecule has 1 aliphatic rings. The van der Waals surface area contributed by atoms with Crippen molar-refractivity contribution in [2.75, 3.05) is 6.61 Å². The van der Waals surface area contributed by atoms with E-state index in [1.807, 2.05) is 0 Å². The van der Waals surface area contributed by atoms with Crippen LogP contribution in [0.5, 0.6) is 5.75 Å². The lowest BCUT2D eigenvalue weighted by molar-refractivity contribution is -0.0296. The van der Waals surface area contributed by atoms with Gasteiger partial charge >= 0.3 is 0 Å². The fourth-order valence-corrected chi connectivity index (χ4v) is 1.70.